The maximum atomic E-state index is 14.3. The van der Waals surface area contributed by atoms with Crippen LogP contribution in [0.4, 0.5) is 4.39 Å². The van der Waals surface area contributed by atoms with Gasteiger partial charge in [0.1, 0.15) is 6.17 Å². The number of alkyl halides is 1. The molecule has 4 aliphatic heterocycles. The van der Waals surface area contributed by atoms with Crippen molar-refractivity contribution in [2.75, 3.05) is 32.8 Å². The molecule has 2 bridgehead atoms. The fourth-order valence-corrected chi connectivity index (χ4v) is 6.05. The van der Waals surface area contributed by atoms with Gasteiger partial charge in [0.15, 0.2) is 0 Å². The minimum absolute atomic E-state index is 0.245. The molecule has 0 aromatic rings. The first-order valence-corrected chi connectivity index (χ1v) is 10.8. The van der Waals surface area contributed by atoms with Crippen molar-refractivity contribution in [1.82, 2.24) is 26.0 Å². The van der Waals surface area contributed by atoms with Crippen LogP contribution in [0.3, 0.4) is 0 Å². The van der Waals surface area contributed by atoms with Crippen LogP contribution in [0.1, 0.15) is 44.9 Å². The highest BCUT2D eigenvalue weighted by atomic mass is 19.1. The third-order valence-electron chi connectivity index (χ3n) is 7.30. The third kappa shape index (κ3) is 3.31. The smallest absolute Gasteiger partial charge is 0.101 e. The Morgan fingerprint density at radius 1 is 1.04 bits per heavy atom. The van der Waals surface area contributed by atoms with Crippen molar-refractivity contribution < 1.29 is 9.13 Å². The summed E-state index contributed by atoms with van der Waals surface area (Å²) in [4.78, 5) is 2.67. The van der Waals surface area contributed by atoms with Gasteiger partial charge in [-0.2, -0.15) is 0 Å². The van der Waals surface area contributed by atoms with Crippen molar-refractivity contribution >= 4 is 0 Å². The fraction of sp³-hybridized carbons (Fsp3) is 1.00. The van der Waals surface area contributed by atoms with Crippen molar-refractivity contribution in [1.29, 1.82) is 0 Å². The van der Waals surface area contributed by atoms with Crippen LogP contribution >= 0.6 is 0 Å². The summed E-state index contributed by atoms with van der Waals surface area (Å²) in [5, 5.41) is 10.0. The van der Waals surface area contributed by atoms with Gasteiger partial charge in [-0.05, 0) is 58.0 Å². The normalized spacial score (nSPS) is 48.1. The first kappa shape index (κ1) is 17.8. The van der Waals surface area contributed by atoms with Crippen LogP contribution in [0, 0.1) is 5.92 Å². The van der Waals surface area contributed by atoms with Gasteiger partial charge in [0, 0.05) is 31.7 Å². The Bertz CT molecular complexity index is 497. The van der Waals surface area contributed by atoms with Crippen LogP contribution in [-0.2, 0) is 4.74 Å². The first-order chi connectivity index (χ1) is 12.8. The zero-order valence-electron chi connectivity index (χ0n) is 15.7. The number of hydrogen-bond acceptors (Lipinski definition) is 6. The Hall–Kier alpha value is -0.310. The molecule has 5 rings (SSSR count). The Kier molecular flexibility index (Phi) is 5.20. The van der Waals surface area contributed by atoms with Gasteiger partial charge in [-0.25, -0.2) is 9.40 Å². The Labute approximate surface area is 156 Å². The van der Waals surface area contributed by atoms with Crippen LogP contribution in [0.5, 0.6) is 0 Å². The predicted molar refractivity (Wildman–Crippen MR) is 98.2 cm³/mol. The Morgan fingerprint density at radius 3 is 2.96 bits per heavy atom. The van der Waals surface area contributed by atoms with E-state index in [9.17, 15) is 4.39 Å². The molecule has 1 aliphatic carbocycles. The highest BCUT2D eigenvalue weighted by molar-refractivity contribution is 4.99. The number of nitrogens with one attached hydrogen (secondary N) is 3. The third-order valence-corrected chi connectivity index (χ3v) is 7.30. The minimum Gasteiger partial charge on any atom is -0.378 e. The number of nitrogens with zero attached hydrogens (tertiary/aromatic N) is 2. The lowest BCUT2D eigenvalue weighted by atomic mass is 9.79. The van der Waals surface area contributed by atoms with E-state index in [0.717, 1.165) is 52.0 Å². The van der Waals surface area contributed by atoms with E-state index >= 15 is 0 Å². The minimum atomic E-state index is -0.641. The molecular formula is C19H34FN5O. The molecule has 5 fully saturated rings. The van der Waals surface area contributed by atoms with E-state index in [0.29, 0.717) is 43.2 Å². The molecule has 4 saturated heterocycles. The molecule has 3 N–H and O–H groups in total. The van der Waals surface area contributed by atoms with Crippen LogP contribution in [-0.4, -0.2) is 79.4 Å². The Balaban J connectivity index is 1.39. The number of hydrogen-bond donors (Lipinski definition) is 3. The molecule has 0 amide bonds. The van der Waals surface area contributed by atoms with Gasteiger partial charge in [0.2, 0.25) is 0 Å². The van der Waals surface area contributed by atoms with Crippen LogP contribution in [0.25, 0.3) is 0 Å². The monoisotopic (exact) mass is 367 g/mol. The maximum Gasteiger partial charge on any atom is 0.101 e. The molecule has 0 radical (unpaired) electrons. The van der Waals surface area contributed by atoms with E-state index in [-0.39, 0.29) is 6.10 Å². The van der Waals surface area contributed by atoms with E-state index in [1.807, 2.05) is 0 Å². The van der Waals surface area contributed by atoms with Gasteiger partial charge in [-0.1, -0.05) is 0 Å². The fourth-order valence-electron chi connectivity index (χ4n) is 6.05. The number of ether oxygens (including phenoxy) is 1. The van der Waals surface area contributed by atoms with Crippen LogP contribution in [0.2, 0.25) is 0 Å². The maximum absolute atomic E-state index is 14.3. The summed E-state index contributed by atoms with van der Waals surface area (Å²) < 4.78 is 20.6. The van der Waals surface area contributed by atoms with E-state index in [4.69, 9.17) is 4.74 Å². The summed E-state index contributed by atoms with van der Waals surface area (Å²) >= 11 is 0. The molecule has 4 heterocycles. The van der Waals surface area contributed by atoms with Crippen LogP contribution < -0.4 is 16.1 Å². The summed E-state index contributed by atoms with van der Waals surface area (Å²) in [5.41, 5.74) is 3.55. The SMILES string of the molecule is FC1CCC2OCCCNC3CNN4CCC(NC34)N3CCC[C@@H]3C2C1. The molecule has 0 spiro atoms. The largest absolute Gasteiger partial charge is 0.378 e. The van der Waals surface area contributed by atoms with Gasteiger partial charge in [0.05, 0.1) is 24.5 Å². The van der Waals surface area contributed by atoms with E-state index in [1.165, 1.54) is 12.8 Å². The molecule has 1 saturated carbocycles. The molecule has 5 aliphatic rings. The molecule has 26 heavy (non-hydrogen) atoms. The molecule has 7 atom stereocenters. The number of hydrazine groups is 1. The predicted octanol–water partition coefficient (Wildman–Crippen LogP) is 0.802. The molecule has 6 unspecified atom stereocenters. The lowest BCUT2D eigenvalue weighted by molar-refractivity contribution is -0.0661. The lowest BCUT2D eigenvalue weighted by Crippen LogP contribution is -2.65. The van der Waals surface area contributed by atoms with Crippen LogP contribution in [0.15, 0.2) is 0 Å². The number of fused-ring (bicyclic) bond motifs is 5. The van der Waals surface area contributed by atoms with Crippen molar-refractivity contribution in [3.05, 3.63) is 0 Å². The highest BCUT2D eigenvalue weighted by Crippen LogP contribution is 2.39. The summed E-state index contributed by atoms with van der Waals surface area (Å²) in [6.07, 6.45) is 7.23. The molecule has 7 heteroatoms. The van der Waals surface area contributed by atoms with E-state index < -0.39 is 6.17 Å². The molecular weight excluding hydrogens is 333 g/mol. The highest BCUT2D eigenvalue weighted by Gasteiger charge is 2.46. The van der Waals surface area contributed by atoms with Crippen molar-refractivity contribution in [3.8, 4) is 0 Å². The lowest BCUT2D eigenvalue weighted by Gasteiger charge is -2.46. The zero-order valence-corrected chi connectivity index (χ0v) is 15.7. The van der Waals surface area contributed by atoms with Gasteiger partial charge in [-0.3, -0.25) is 15.6 Å². The molecule has 0 aromatic heterocycles. The van der Waals surface area contributed by atoms with Crippen molar-refractivity contribution in [3.63, 3.8) is 0 Å². The topological polar surface area (TPSA) is 51.8 Å². The number of halogens is 1. The van der Waals surface area contributed by atoms with E-state index in [1.54, 1.807) is 0 Å². The standard InChI is InChI=1S/C19H34FN5O/c20-13-4-5-17-14(11-13)16-3-1-8-24(16)18-6-9-25-19(23-18)15(12-22-25)21-7-2-10-26-17/h13-19,21-23H,1-12H2/t13?,14?,15?,16-,17?,18?,19?/m1/s1. The first-order valence-electron chi connectivity index (χ1n) is 10.8. The van der Waals surface area contributed by atoms with Gasteiger partial charge in [-0.15, -0.1) is 0 Å². The quantitative estimate of drug-likeness (QED) is 0.589. The van der Waals surface area contributed by atoms with Crippen molar-refractivity contribution in [2.45, 2.75) is 81.6 Å². The second kappa shape index (κ2) is 7.60. The van der Waals surface area contributed by atoms with Gasteiger partial charge < -0.3 is 10.1 Å². The van der Waals surface area contributed by atoms with Crippen molar-refractivity contribution in [2.24, 2.45) is 5.92 Å². The summed E-state index contributed by atoms with van der Waals surface area (Å²) in [6, 6.07) is 0.918. The molecule has 0 aromatic carbocycles. The average Bonchev–Trinajstić information content (AvgIpc) is 3.28. The average molecular weight is 368 g/mol. The molecule has 6 nitrogen and oxygen atoms in total. The zero-order chi connectivity index (χ0) is 17.5. The van der Waals surface area contributed by atoms with Gasteiger partial charge >= 0.3 is 0 Å². The Morgan fingerprint density at radius 2 is 2.00 bits per heavy atom. The second-order valence-electron chi connectivity index (χ2n) is 8.82. The summed E-state index contributed by atoms with van der Waals surface area (Å²) in [7, 11) is 0. The number of rotatable bonds is 0. The molecule has 148 valence electrons. The van der Waals surface area contributed by atoms with Gasteiger partial charge in [0.25, 0.3) is 0 Å². The second-order valence-corrected chi connectivity index (χ2v) is 8.82. The summed E-state index contributed by atoms with van der Waals surface area (Å²) in [5.74, 6) is 0.354. The van der Waals surface area contributed by atoms with E-state index in [2.05, 4.69) is 26.0 Å². The summed E-state index contributed by atoms with van der Waals surface area (Å²) in [6.45, 7) is 4.99.